The Balaban J connectivity index is -0.000000191. The fraction of sp³-hybridized carbons (Fsp3) is 0.909. The van der Waals surface area contributed by atoms with Gasteiger partial charge in [0, 0.05) is 31.7 Å². The summed E-state index contributed by atoms with van der Waals surface area (Å²) < 4.78 is 0. The average molecular weight is 1380 g/mol. The molecule has 464 valence electrons. The Labute approximate surface area is 534 Å². The smallest absolute Gasteiger partial charge is 0.812 e. The van der Waals surface area contributed by atoms with Crippen LogP contribution in [0.25, 0.3) is 10.6 Å². The molecule has 0 aromatic rings. The van der Waals surface area contributed by atoms with Crippen LogP contribution in [-0.2, 0) is 73.8 Å². The molecule has 5 rings (SSSR count). The van der Waals surface area contributed by atoms with Crippen LogP contribution in [0.5, 0.6) is 0 Å². The molecule has 5 aliphatic rings. The van der Waals surface area contributed by atoms with Crippen molar-refractivity contribution in [3.63, 3.8) is 0 Å². The van der Waals surface area contributed by atoms with E-state index in [1.54, 1.807) is 0 Å². The molecule has 0 aromatic carbocycles. The van der Waals surface area contributed by atoms with Crippen molar-refractivity contribution in [2.45, 2.75) is 360 Å². The molecule has 0 bridgehead atoms. The van der Waals surface area contributed by atoms with Gasteiger partial charge in [0.05, 0.1) is 67.9 Å². The fourth-order valence-corrected chi connectivity index (χ4v) is 30.8. The first-order valence-corrected chi connectivity index (χ1v) is 39.1. The Morgan fingerprint density at radius 3 is 0.654 bits per heavy atom. The van der Waals surface area contributed by atoms with Gasteiger partial charge in [0.15, 0.2) is 0 Å². The normalized spacial score (nSPS) is 23.5. The maximum absolute atomic E-state index is 7.75. The van der Waals surface area contributed by atoms with Crippen LogP contribution >= 0.6 is 31.7 Å². The fourth-order valence-electron chi connectivity index (χ4n) is 14.3. The maximum Gasteiger partial charge on any atom is 4.00 e. The molecule has 4 nitrogen and oxygen atoms in total. The molecule has 3 aliphatic carbocycles. The van der Waals surface area contributed by atoms with Crippen LogP contribution in [0, 0.1) is 36.8 Å². The second-order valence-corrected chi connectivity index (χ2v) is 45.4. The number of piperidine rings is 2. The van der Waals surface area contributed by atoms with Crippen molar-refractivity contribution in [1.82, 2.24) is 0 Å². The van der Waals surface area contributed by atoms with Crippen LogP contribution in [0.1, 0.15) is 269 Å². The number of hydrogen-bond donors (Lipinski definition) is 0. The monoisotopic (exact) mass is 1380 g/mol. The number of allylic oxidation sites excluding steroid dienone is 2. The standard InChI is InChI=1S/C10H14.2C9H16NS.4C9H21P.2CHO.2Ru/c1-3-9-5-7-10(4-2)8-6-9;2*11-9-6-5-7-3-1-2-4-8(7)10-9;4*1-7(2)10(8(3)4)9(5)6;2*1-2;;/h1-4,9-10H,5-8H2;2*7-9,11H,1-6H2;4*7-9H,1-6H3;2*1H;;/q-2;2*-1;;;;;2*-1;2*+4/p+2. The second-order valence-electron chi connectivity index (χ2n) is 26.5. The van der Waals surface area contributed by atoms with E-state index >= 15 is 0 Å². The Kier molecular flexibility index (Phi) is 64.3. The van der Waals surface area contributed by atoms with Crippen LogP contribution in [-0.4, -0.2) is 104 Å². The van der Waals surface area contributed by atoms with Crippen molar-refractivity contribution >= 4 is 70.5 Å². The molecule has 0 spiro atoms. The summed E-state index contributed by atoms with van der Waals surface area (Å²) in [5.41, 5.74) is 11.2. The summed E-state index contributed by atoms with van der Waals surface area (Å²) in [6, 6.07) is 1.31. The van der Waals surface area contributed by atoms with Gasteiger partial charge in [0.1, 0.15) is 0 Å². The summed E-state index contributed by atoms with van der Waals surface area (Å²) in [4.78, 5) is 15.5. The van der Waals surface area contributed by atoms with E-state index < -0.39 is 0 Å². The third-order valence-corrected chi connectivity index (χ3v) is 33.1. The summed E-state index contributed by atoms with van der Waals surface area (Å²) in [6.45, 7) is 74.2. The zero-order chi connectivity index (χ0) is 60.0. The Morgan fingerprint density at radius 1 is 0.321 bits per heavy atom. The maximum atomic E-state index is 7.75. The van der Waals surface area contributed by atoms with Crippen LogP contribution in [0.2, 0.25) is 0 Å². The van der Waals surface area contributed by atoms with Crippen LogP contribution in [0.4, 0.5) is 0 Å². The van der Waals surface area contributed by atoms with Crippen molar-refractivity contribution < 1.29 is 48.5 Å². The van der Waals surface area contributed by atoms with Crippen molar-refractivity contribution in [1.29, 1.82) is 0 Å². The number of rotatable bonds is 14. The van der Waals surface area contributed by atoms with Crippen molar-refractivity contribution in [2.24, 2.45) is 23.7 Å². The number of fused-ring (bicyclic) bond motifs is 2. The topological polar surface area (TPSA) is 62.3 Å². The molecule has 78 heavy (non-hydrogen) atoms. The first kappa shape index (κ1) is 91.6. The first-order chi connectivity index (χ1) is 35.4. The Morgan fingerprint density at radius 2 is 0.500 bits per heavy atom. The molecular formula is C66H134N2O2P4Ru2S2+4. The molecule has 2 saturated heterocycles. The molecule has 12 heteroatoms. The molecule has 6 unspecified atom stereocenters. The van der Waals surface area contributed by atoms with E-state index in [0.29, 0.717) is 23.9 Å². The van der Waals surface area contributed by atoms with Gasteiger partial charge < -0.3 is 58.6 Å². The van der Waals surface area contributed by atoms with E-state index in [-0.39, 0.29) is 81.4 Å². The van der Waals surface area contributed by atoms with E-state index in [1.807, 2.05) is 12.2 Å². The van der Waals surface area contributed by atoms with Crippen molar-refractivity contribution in [3.05, 3.63) is 35.9 Å². The molecule has 0 N–H and O–H groups in total. The third kappa shape index (κ3) is 43.1. The molecule has 0 aromatic heterocycles. The Hall–Kier alpha value is 2.41. The van der Waals surface area contributed by atoms with Gasteiger partial charge >= 0.3 is 39.0 Å². The van der Waals surface area contributed by atoms with Gasteiger partial charge in [-0.05, 0) is 192 Å². The number of hydrogen-bond acceptors (Lipinski definition) is 4. The Bertz CT molecular complexity index is 1110. The minimum absolute atomic E-state index is 0. The summed E-state index contributed by atoms with van der Waals surface area (Å²) in [7, 11) is -0.383. The SMILES string of the molecule is CC(C)[PH+](C(C)C)C(C)C.CC(C)[PH+](C(C)C)C(C)C.CC(C)[PH+](C(C)C)C(C)C.CC(C)[PH+](C(C)C)C(C)C.[CH-]=CC1CCC(C=[CH-])CC1.[CH-]=O.[CH-]=O.[Ru+4].[Ru+4].[S-]C1CCC2CCCCC2[N-]1.[S-]C1CCC2CCCCC2[N-]1. The molecular weight excluding hydrogens is 1240 g/mol. The zero-order valence-corrected chi connectivity index (χ0v) is 64.7. The largest absolute Gasteiger partial charge is 4.00 e. The van der Waals surface area contributed by atoms with Crippen molar-refractivity contribution in [2.75, 3.05) is 0 Å². The predicted octanol–water partition coefficient (Wildman–Crippen LogP) is 21.1. The first-order valence-electron chi connectivity index (χ1n) is 31.2. The van der Waals surface area contributed by atoms with Gasteiger partial charge in [-0.25, -0.2) is 0 Å². The molecule has 2 heterocycles. The van der Waals surface area contributed by atoms with E-state index in [0.717, 1.165) is 92.6 Å². The predicted molar refractivity (Wildman–Crippen MR) is 371 cm³/mol. The summed E-state index contributed by atoms with van der Waals surface area (Å²) >= 11 is 10.4. The second kappa shape index (κ2) is 54.8. The van der Waals surface area contributed by atoms with E-state index in [1.165, 1.54) is 89.9 Å². The van der Waals surface area contributed by atoms with Gasteiger partial charge in [0.2, 0.25) is 0 Å². The molecule has 0 amide bonds. The van der Waals surface area contributed by atoms with Gasteiger partial charge in [-0.2, -0.15) is 0 Å². The third-order valence-electron chi connectivity index (χ3n) is 16.4. The van der Waals surface area contributed by atoms with Gasteiger partial charge in [0.25, 0.3) is 0 Å². The molecule has 5 fully saturated rings. The average Bonchev–Trinajstić information content (AvgIpc) is 3.32. The van der Waals surface area contributed by atoms with Gasteiger partial charge in [-0.15, -0.1) is 12.1 Å². The van der Waals surface area contributed by atoms with Gasteiger partial charge in [-0.1, -0.05) is 101 Å². The van der Waals surface area contributed by atoms with E-state index in [2.05, 4.69) is 190 Å². The minimum atomic E-state index is -0.0957. The van der Waals surface area contributed by atoms with Gasteiger partial charge in [-0.3, -0.25) is 36.5 Å². The zero-order valence-electron chi connectivity index (χ0n) is 55.6. The molecule has 3 saturated carbocycles. The summed E-state index contributed by atoms with van der Waals surface area (Å²) in [5.74, 6) is 3.11. The van der Waals surface area contributed by atoms with Crippen LogP contribution < -0.4 is 0 Å². The molecule has 2 aliphatic heterocycles. The van der Waals surface area contributed by atoms with Crippen LogP contribution in [0.15, 0.2) is 12.2 Å². The number of carbonyl (C=O) groups excluding carboxylic acids is 2. The quantitative estimate of drug-likeness (QED) is 0.0572. The van der Waals surface area contributed by atoms with E-state index in [9.17, 15) is 0 Å². The van der Waals surface area contributed by atoms with Crippen LogP contribution in [0.3, 0.4) is 0 Å². The molecule has 0 radical (unpaired) electrons. The summed E-state index contributed by atoms with van der Waals surface area (Å²) in [5, 5.41) is 9.73. The number of nitrogens with zero attached hydrogens (tertiary/aromatic N) is 2. The summed E-state index contributed by atoms with van der Waals surface area (Å²) in [6.07, 6.45) is 24.6. The molecule has 6 atom stereocenters. The minimum Gasteiger partial charge on any atom is -0.812 e. The van der Waals surface area contributed by atoms with E-state index in [4.69, 9.17) is 48.0 Å². The van der Waals surface area contributed by atoms with Crippen molar-refractivity contribution in [3.8, 4) is 0 Å².